The van der Waals surface area contributed by atoms with Crippen LogP contribution in [0.4, 0.5) is 10.5 Å². The molecule has 2 amide bonds. The van der Waals surface area contributed by atoms with Crippen LogP contribution in [0.2, 0.25) is 0 Å². The molecule has 2 aromatic heterocycles. The summed E-state index contributed by atoms with van der Waals surface area (Å²) in [6.07, 6.45) is 2.45. The second-order valence-electron chi connectivity index (χ2n) is 6.31. The molecule has 1 N–H and O–H groups in total. The molecule has 0 atom stereocenters. The third-order valence-electron chi connectivity index (χ3n) is 4.68. The molecule has 1 aliphatic heterocycles. The second-order valence-corrected chi connectivity index (χ2v) is 6.31. The van der Waals surface area contributed by atoms with E-state index in [0.29, 0.717) is 36.7 Å². The minimum atomic E-state index is -0.171. The lowest BCUT2D eigenvalue weighted by Crippen LogP contribution is -2.39. The largest absolute Gasteiger partial charge is 0.497 e. The molecule has 0 aliphatic carbocycles. The summed E-state index contributed by atoms with van der Waals surface area (Å²) in [5, 5.41) is 3.91. The Labute approximate surface area is 156 Å². The fourth-order valence-corrected chi connectivity index (χ4v) is 3.23. The van der Waals surface area contributed by atoms with Gasteiger partial charge in [0.2, 0.25) is 0 Å². The van der Waals surface area contributed by atoms with Crippen LogP contribution < -0.4 is 14.8 Å². The van der Waals surface area contributed by atoms with E-state index in [0.717, 1.165) is 22.3 Å². The zero-order chi connectivity index (χ0) is 18.8. The maximum atomic E-state index is 12.8. The number of fused-ring (bicyclic) bond motifs is 2. The molecule has 138 valence electrons. The summed E-state index contributed by atoms with van der Waals surface area (Å²) in [6.45, 7) is 1.11. The van der Waals surface area contributed by atoms with Gasteiger partial charge in [0, 0.05) is 42.9 Å². The Morgan fingerprint density at radius 3 is 2.89 bits per heavy atom. The molecular formula is C20H20N4O3. The molecule has 4 rings (SSSR count). The number of ether oxygens (including phenoxy) is 2. The van der Waals surface area contributed by atoms with Gasteiger partial charge in [0.1, 0.15) is 11.5 Å². The fraction of sp³-hybridized carbons (Fsp3) is 0.250. The van der Waals surface area contributed by atoms with Crippen molar-refractivity contribution in [1.82, 2.24) is 14.9 Å². The van der Waals surface area contributed by atoms with Crippen LogP contribution in [0.5, 0.6) is 11.5 Å². The van der Waals surface area contributed by atoms with Crippen LogP contribution in [0.15, 0.2) is 42.6 Å². The van der Waals surface area contributed by atoms with Gasteiger partial charge in [-0.1, -0.05) is 0 Å². The number of nitrogens with zero attached hydrogens (tertiary/aromatic N) is 3. The number of carbonyl (C=O) groups excluding carboxylic acids is 1. The van der Waals surface area contributed by atoms with Crippen molar-refractivity contribution >= 4 is 22.8 Å². The highest BCUT2D eigenvalue weighted by atomic mass is 16.5. The van der Waals surface area contributed by atoms with E-state index in [-0.39, 0.29) is 6.03 Å². The molecule has 0 radical (unpaired) electrons. The smallest absolute Gasteiger partial charge is 0.322 e. The Hall–Kier alpha value is -3.35. The molecule has 3 aromatic rings. The first kappa shape index (κ1) is 17.1. The van der Waals surface area contributed by atoms with E-state index in [4.69, 9.17) is 9.47 Å². The molecule has 0 fully saturated rings. The summed E-state index contributed by atoms with van der Waals surface area (Å²) < 4.78 is 10.5. The molecule has 0 spiro atoms. The van der Waals surface area contributed by atoms with Crippen molar-refractivity contribution in [2.24, 2.45) is 0 Å². The molecule has 0 saturated heterocycles. The van der Waals surface area contributed by atoms with E-state index < -0.39 is 0 Å². The Kier molecular flexibility index (Phi) is 4.50. The van der Waals surface area contributed by atoms with Crippen LogP contribution >= 0.6 is 0 Å². The predicted octanol–water partition coefficient (Wildman–Crippen LogP) is 3.24. The summed E-state index contributed by atoms with van der Waals surface area (Å²) in [5.41, 5.74) is 3.41. The summed E-state index contributed by atoms with van der Waals surface area (Å²) in [7, 11) is 3.15. The monoisotopic (exact) mass is 364 g/mol. The van der Waals surface area contributed by atoms with Gasteiger partial charge < -0.3 is 19.7 Å². The zero-order valence-corrected chi connectivity index (χ0v) is 15.2. The Bertz CT molecular complexity index is 1010. The van der Waals surface area contributed by atoms with Gasteiger partial charge in [0.15, 0.2) is 5.65 Å². The minimum absolute atomic E-state index is 0.171. The van der Waals surface area contributed by atoms with Crippen LogP contribution in [-0.2, 0) is 13.0 Å². The highest BCUT2D eigenvalue weighted by Crippen LogP contribution is 2.30. The number of benzene rings is 1. The number of urea groups is 1. The van der Waals surface area contributed by atoms with Crippen molar-refractivity contribution in [1.29, 1.82) is 0 Å². The van der Waals surface area contributed by atoms with Crippen molar-refractivity contribution in [3.63, 3.8) is 0 Å². The van der Waals surface area contributed by atoms with Crippen molar-refractivity contribution in [2.75, 3.05) is 26.1 Å². The van der Waals surface area contributed by atoms with Crippen LogP contribution in [0.1, 0.15) is 11.3 Å². The molecule has 1 aromatic carbocycles. The Balaban J connectivity index is 1.53. The number of pyridine rings is 2. The number of aromatic nitrogens is 2. The predicted molar refractivity (Wildman–Crippen MR) is 102 cm³/mol. The number of amides is 2. The maximum absolute atomic E-state index is 12.8. The quantitative estimate of drug-likeness (QED) is 0.772. The van der Waals surface area contributed by atoms with E-state index in [1.54, 1.807) is 43.5 Å². The summed E-state index contributed by atoms with van der Waals surface area (Å²) in [4.78, 5) is 23.5. The molecule has 1 aliphatic rings. The van der Waals surface area contributed by atoms with Gasteiger partial charge in [-0.15, -0.1) is 0 Å². The highest BCUT2D eigenvalue weighted by Gasteiger charge is 2.23. The Morgan fingerprint density at radius 1 is 1.19 bits per heavy atom. The van der Waals surface area contributed by atoms with E-state index in [1.807, 2.05) is 12.1 Å². The number of rotatable bonds is 3. The highest BCUT2D eigenvalue weighted by molar-refractivity contribution is 5.91. The van der Waals surface area contributed by atoms with E-state index >= 15 is 0 Å². The third kappa shape index (κ3) is 3.36. The topological polar surface area (TPSA) is 76.6 Å². The molecule has 7 heteroatoms. The number of methoxy groups -OCH3 is 2. The van der Waals surface area contributed by atoms with Crippen LogP contribution in [-0.4, -0.2) is 41.7 Å². The average molecular weight is 364 g/mol. The van der Waals surface area contributed by atoms with E-state index in [1.165, 1.54) is 0 Å². The van der Waals surface area contributed by atoms with Gasteiger partial charge in [-0.25, -0.2) is 14.8 Å². The first-order valence-corrected chi connectivity index (χ1v) is 8.69. The summed E-state index contributed by atoms with van der Waals surface area (Å²) in [6, 6.07) is 11.1. The standard InChI is InChI=1S/C20H20N4O3/c1-26-15-5-6-17(18(11-15)27-2)23-20(25)24-9-7-16-14(12-24)10-13-4-3-8-21-19(13)22-16/h3-6,8,10-11H,7,9,12H2,1-2H3,(H,23,25). The molecule has 0 saturated carbocycles. The van der Waals surface area contributed by atoms with Crippen LogP contribution in [0, 0.1) is 0 Å². The number of hydrogen-bond donors (Lipinski definition) is 1. The molecule has 0 bridgehead atoms. The summed E-state index contributed by atoms with van der Waals surface area (Å²) >= 11 is 0. The lowest BCUT2D eigenvalue weighted by atomic mass is 10.0. The second kappa shape index (κ2) is 7.11. The van der Waals surface area contributed by atoms with E-state index in [9.17, 15) is 4.79 Å². The van der Waals surface area contributed by atoms with Gasteiger partial charge in [-0.3, -0.25) is 0 Å². The number of hydrogen-bond acceptors (Lipinski definition) is 5. The maximum Gasteiger partial charge on any atom is 0.322 e. The number of anilines is 1. The van der Waals surface area contributed by atoms with Gasteiger partial charge in [0.05, 0.1) is 19.9 Å². The first-order chi connectivity index (χ1) is 13.2. The molecule has 3 heterocycles. The first-order valence-electron chi connectivity index (χ1n) is 8.69. The van der Waals surface area contributed by atoms with Crippen molar-refractivity contribution in [2.45, 2.75) is 13.0 Å². The van der Waals surface area contributed by atoms with Crippen molar-refractivity contribution < 1.29 is 14.3 Å². The van der Waals surface area contributed by atoms with Gasteiger partial charge in [0.25, 0.3) is 0 Å². The summed E-state index contributed by atoms with van der Waals surface area (Å²) in [5.74, 6) is 1.22. The third-order valence-corrected chi connectivity index (χ3v) is 4.68. The lowest BCUT2D eigenvalue weighted by Gasteiger charge is -2.28. The average Bonchev–Trinajstić information content (AvgIpc) is 2.72. The van der Waals surface area contributed by atoms with Gasteiger partial charge in [-0.05, 0) is 35.9 Å². The Morgan fingerprint density at radius 2 is 2.07 bits per heavy atom. The molecular weight excluding hydrogens is 344 g/mol. The van der Waals surface area contributed by atoms with Crippen molar-refractivity contribution in [3.05, 3.63) is 53.9 Å². The fourth-order valence-electron chi connectivity index (χ4n) is 3.23. The van der Waals surface area contributed by atoms with Gasteiger partial charge >= 0.3 is 6.03 Å². The van der Waals surface area contributed by atoms with Gasteiger partial charge in [-0.2, -0.15) is 0 Å². The number of carbonyl (C=O) groups is 1. The zero-order valence-electron chi connectivity index (χ0n) is 15.2. The SMILES string of the molecule is COc1ccc(NC(=O)N2CCc3nc4ncccc4cc3C2)c(OC)c1. The molecule has 27 heavy (non-hydrogen) atoms. The lowest BCUT2D eigenvalue weighted by molar-refractivity contribution is 0.206. The number of nitrogens with one attached hydrogen (secondary N) is 1. The van der Waals surface area contributed by atoms with Crippen LogP contribution in [0.3, 0.4) is 0 Å². The van der Waals surface area contributed by atoms with E-state index in [2.05, 4.69) is 21.4 Å². The minimum Gasteiger partial charge on any atom is -0.497 e. The van der Waals surface area contributed by atoms with Crippen LogP contribution in [0.25, 0.3) is 11.0 Å². The van der Waals surface area contributed by atoms with Crippen molar-refractivity contribution in [3.8, 4) is 11.5 Å². The molecule has 7 nitrogen and oxygen atoms in total. The normalized spacial score (nSPS) is 13.2. The molecule has 0 unspecified atom stereocenters.